The molecule has 1 saturated carbocycles. The number of nitrogens with one attached hydrogen (secondary N) is 2. The molecule has 1 aromatic heterocycles. The van der Waals surface area contributed by atoms with Crippen molar-refractivity contribution in [3.8, 4) is 5.75 Å². The van der Waals surface area contributed by atoms with Gasteiger partial charge in [-0.05, 0) is 42.7 Å². The van der Waals surface area contributed by atoms with Gasteiger partial charge in [0.2, 0.25) is 0 Å². The molecule has 2 aromatic rings. The molecular formula is C22H19Cl2F2N3O4. The minimum Gasteiger partial charge on any atom is -0.484 e. The third-order valence-electron chi connectivity index (χ3n) is 5.59. The number of aliphatic hydroxyl groups excluding tert-OH is 1. The van der Waals surface area contributed by atoms with E-state index in [1.165, 1.54) is 12.1 Å². The van der Waals surface area contributed by atoms with E-state index in [0.29, 0.717) is 34.3 Å². The molecule has 33 heavy (non-hydrogen) atoms. The van der Waals surface area contributed by atoms with Gasteiger partial charge in [-0.25, -0.2) is 8.78 Å². The number of ether oxygens (including phenoxy) is 1. The first-order valence-corrected chi connectivity index (χ1v) is 10.8. The maximum atomic E-state index is 12.6. The summed E-state index contributed by atoms with van der Waals surface area (Å²) in [6.45, 7) is -0.287. The molecule has 3 aliphatic rings. The maximum absolute atomic E-state index is 12.6. The number of aromatic nitrogens is 1. The molecule has 0 unspecified atom stereocenters. The molecule has 2 bridgehead atoms. The molecule has 174 valence electrons. The molecule has 5 rings (SSSR count). The number of rotatable bonds is 7. The van der Waals surface area contributed by atoms with E-state index in [4.69, 9.17) is 27.9 Å². The van der Waals surface area contributed by atoms with Crippen LogP contribution in [-0.4, -0.2) is 40.2 Å². The zero-order valence-corrected chi connectivity index (χ0v) is 18.6. The van der Waals surface area contributed by atoms with E-state index < -0.39 is 35.6 Å². The van der Waals surface area contributed by atoms with Crippen molar-refractivity contribution in [3.63, 3.8) is 0 Å². The Bertz CT molecular complexity index is 1120. The number of carbonyl (C=O) groups excluding carboxylic acids is 2. The highest BCUT2D eigenvalue weighted by molar-refractivity contribution is 6.42. The van der Waals surface area contributed by atoms with E-state index in [2.05, 4.69) is 15.6 Å². The van der Waals surface area contributed by atoms with Crippen LogP contribution in [0.3, 0.4) is 0 Å². The van der Waals surface area contributed by atoms with Crippen LogP contribution in [0.2, 0.25) is 10.0 Å². The first kappa shape index (κ1) is 23.4. The van der Waals surface area contributed by atoms with E-state index in [9.17, 15) is 23.5 Å². The van der Waals surface area contributed by atoms with Gasteiger partial charge in [0, 0.05) is 24.4 Å². The Balaban J connectivity index is 1.33. The Morgan fingerprint density at radius 3 is 2.58 bits per heavy atom. The van der Waals surface area contributed by atoms with Crippen LogP contribution < -0.4 is 15.4 Å². The van der Waals surface area contributed by atoms with Gasteiger partial charge in [-0.2, -0.15) is 0 Å². The van der Waals surface area contributed by atoms with E-state index in [1.807, 2.05) is 0 Å². The standard InChI is InChI=1S/C22H19Cl2F2N3O4/c23-14-3-2-13(5-15(14)24)33-10-18(31)28-19-12-6-22(7-12,8-17(19)30)29-21(32)11-1-4-16(20(25)26)27-9-11/h1-5,9,17,20,30H,6-8,10H2,(H,28,31)(H,29,32)/t17-/m0/s1. The van der Waals surface area contributed by atoms with Crippen LogP contribution in [-0.2, 0) is 4.79 Å². The first-order chi connectivity index (χ1) is 15.7. The molecule has 7 nitrogen and oxygen atoms in total. The van der Waals surface area contributed by atoms with Gasteiger partial charge in [-0.1, -0.05) is 23.2 Å². The Morgan fingerprint density at radius 2 is 1.97 bits per heavy atom. The van der Waals surface area contributed by atoms with Gasteiger partial charge >= 0.3 is 0 Å². The van der Waals surface area contributed by atoms with Crippen LogP contribution in [0.4, 0.5) is 8.78 Å². The third-order valence-corrected chi connectivity index (χ3v) is 6.33. The summed E-state index contributed by atoms with van der Waals surface area (Å²) < 4.78 is 30.7. The second-order valence-electron chi connectivity index (χ2n) is 8.01. The number of benzene rings is 1. The highest BCUT2D eigenvalue weighted by atomic mass is 35.5. The lowest BCUT2D eigenvalue weighted by Crippen LogP contribution is -2.61. The van der Waals surface area contributed by atoms with E-state index in [1.54, 1.807) is 12.1 Å². The van der Waals surface area contributed by atoms with Crippen molar-refractivity contribution in [1.29, 1.82) is 0 Å². The van der Waals surface area contributed by atoms with E-state index in [0.717, 1.165) is 17.8 Å². The number of halogens is 4. The SMILES string of the molecule is O=C(COc1ccc(Cl)c(Cl)c1)NC1=C2CC(NC(=O)c3ccc(C(F)F)nc3)(C2)C[C@@H]1O. The minimum absolute atomic E-state index is 0.152. The Hall–Kier alpha value is -2.75. The molecular weight excluding hydrogens is 479 g/mol. The maximum Gasteiger partial charge on any atom is 0.280 e. The summed E-state index contributed by atoms with van der Waals surface area (Å²) in [5, 5.41) is 16.7. The molecule has 1 fully saturated rings. The van der Waals surface area contributed by atoms with Gasteiger partial charge in [0.05, 0.1) is 27.3 Å². The van der Waals surface area contributed by atoms with Gasteiger partial charge in [0.1, 0.15) is 11.4 Å². The van der Waals surface area contributed by atoms with Crippen molar-refractivity contribution in [2.45, 2.75) is 37.3 Å². The minimum atomic E-state index is -2.71. The fourth-order valence-corrected chi connectivity index (χ4v) is 4.29. The first-order valence-electron chi connectivity index (χ1n) is 10.00. The number of amides is 2. The number of fused-ring (bicyclic) bond motifs is 2. The van der Waals surface area contributed by atoms with E-state index >= 15 is 0 Å². The van der Waals surface area contributed by atoms with Gasteiger partial charge in [0.25, 0.3) is 18.2 Å². The fourth-order valence-electron chi connectivity index (χ4n) is 4.00. The Labute approximate surface area is 197 Å². The molecule has 0 spiro atoms. The number of nitrogens with zero attached hydrogens (tertiary/aromatic N) is 1. The molecule has 0 aliphatic heterocycles. The Kier molecular flexibility index (Phi) is 6.56. The summed E-state index contributed by atoms with van der Waals surface area (Å²) in [4.78, 5) is 28.4. The van der Waals surface area contributed by atoms with Crippen molar-refractivity contribution >= 4 is 35.0 Å². The quantitative estimate of drug-likeness (QED) is 0.540. The molecule has 2 amide bonds. The highest BCUT2D eigenvalue weighted by Gasteiger charge is 2.50. The summed E-state index contributed by atoms with van der Waals surface area (Å²) in [6, 6.07) is 7.02. The molecule has 1 aromatic carbocycles. The normalized spacial score (nSPS) is 21.5. The van der Waals surface area contributed by atoms with Crippen molar-refractivity contribution in [2.75, 3.05) is 6.61 Å². The summed E-state index contributed by atoms with van der Waals surface area (Å²) in [5.74, 6) is -0.531. The molecule has 3 N–H and O–H groups in total. The largest absolute Gasteiger partial charge is 0.484 e. The lowest BCUT2D eigenvalue weighted by Gasteiger charge is -2.51. The van der Waals surface area contributed by atoms with Crippen molar-refractivity contribution in [1.82, 2.24) is 15.6 Å². The van der Waals surface area contributed by atoms with Crippen LogP contribution in [0.15, 0.2) is 47.8 Å². The number of pyridine rings is 1. The Morgan fingerprint density at radius 1 is 1.21 bits per heavy atom. The molecule has 11 heteroatoms. The number of alkyl halides is 2. The van der Waals surface area contributed by atoms with Crippen LogP contribution in [0.1, 0.15) is 41.7 Å². The second-order valence-corrected chi connectivity index (χ2v) is 8.82. The smallest absolute Gasteiger partial charge is 0.280 e. The van der Waals surface area contributed by atoms with Gasteiger partial charge in [-0.15, -0.1) is 0 Å². The number of aliphatic hydroxyl groups is 1. The predicted molar refractivity (Wildman–Crippen MR) is 116 cm³/mol. The second kappa shape index (κ2) is 9.24. The summed E-state index contributed by atoms with van der Waals surface area (Å²) >= 11 is 11.8. The zero-order valence-electron chi connectivity index (χ0n) is 17.1. The van der Waals surface area contributed by atoms with Crippen molar-refractivity contribution in [3.05, 3.63) is 69.1 Å². The molecule has 3 aliphatic carbocycles. The van der Waals surface area contributed by atoms with Crippen molar-refractivity contribution < 1.29 is 28.2 Å². The molecule has 0 radical (unpaired) electrons. The topological polar surface area (TPSA) is 101 Å². The van der Waals surface area contributed by atoms with Gasteiger partial charge in [-0.3, -0.25) is 14.6 Å². The van der Waals surface area contributed by atoms with Crippen molar-refractivity contribution in [2.24, 2.45) is 0 Å². The van der Waals surface area contributed by atoms with Crippen LogP contribution >= 0.6 is 23.2 Å². The summed E-state index contributed by atoms with van der Waals surface area (Å²) in [5.41, 5.74) is 0.326. The summed E-state index contributed by atoms with van der Waals surface area (Å²) in [7, 11) is 0. The molecule has 0 saturated heterocycles. The number of hydrogen-bond donors (Lipinski definition) is 3. The number of carbonyl (C=O) groups is 2. The zero-order chi connectivity index (χ0) is 23.8. The lowest BCUT2D eigenvalue weighted by molar-refractivity contribution is -0.123. The van der Waals surface area contributed by atoms with Crippen LogP contribution in [0, 0.1) is 0 Å². The molecule has 1 atom stereocenters. The van der Waals surface area contributed by atoms with Gasteiger partial charge in [0.15, 0.2) is 6.61 Å². The number of hydrogen-bond acceptors (Lipinski definition) is 5. The van der Waals surface area contributed by atoms with Crippen LogP contribution in [0.25, 0.3) is 0 Å². The average molecular weight is 498 g/mol. The summed E-state index contributed by atoms with van der Waals surface area (Å²) in [6.07, 6.45) is -1.47. The average Bonchev–Trinajstić information content (AvgIpc) is 2.75. The monoisotopic (exact) mass is 497 g/mol. The molecule has 1 heterocycles. The van der Waals surface area contributed by atoms with Crippen LogP contribution in [0.5, 0.6) is 5.75 Å². The highest BCUT2D eigenvalue weighted by Crippen LogP contribution is 2.48. The van der Waals surface area contributed by atoms with E-state index in [-0.39, 0.29) is 18.6 Å². The lowest BCUT2D eigenvalue weighted by atomic mass is 9.63. The fraction of sp³-hybridized carbons (Fsp3) is 0.318. The van der Waals surface area contributed by atoms with Gasteiger partial charge < -0.3 is 20.5 Å². The third kappa shape index (κ3) is 5.10. The predicted octanol–water partition coefficient (Wildman–Crippen LogP) is 3.80.